The minimum atomic E-state index is -0.0621. The van der Waals surface area contributed by atoms with Gasteiger partial charge < -0.3 is 10.9 Å². The Hall–Kier alpha value is -1.10. The highest BCUT2D eigenvalue weighted by Crippen LogP contribution is 2.08. The van der Waals surface area contributed by atoms with Crippen LogP contribution in [0, 0.1) is 5.21 Å². The van der Waals surface area contributed by atoms with Gasteiger partial charge in [-0.15, -0.1) is 11.3 Å². The van der Waals surface area contributed by atoms with Crippen molar-refractivity contribution in [3.05, 3.63) is 16.3 Å². The molecule has 5 heteroatoms. The highest BCUT2D eigenvalue weighted by atomic mass is 32.1. The Bertz CT molecular complexity index is 293. The Balaban J connectivity index is 2.80. The number of thiazole rings is 1. The van der Waals surface area contributed by atoms with E-state index in [1.165, 1.54) is 17.6 Å². The summed E-state index contributed by atoms with van der Waals surface area (Å²) < 4.78 is 0.856. The fourth-order valence-corrected chi connectivity index (χ4v) is 1.15. The lowest BCUT2D eigenvalue weighted by atomic mass is 10.4. The summed E-state index contributed by atoms with van der Waals surface area (Å²) in [5, 5.41) is 13.3. The highest BCUT2D eigenvalue weighted by molar-refractivity contribution is 7.13. The zero-order chi connectivity index (χ0) is 9.14. The topological polar surface area (TPSA) is 65.0 Å². The largest absolute Gasteiger partial charge is 0.624 e. The monoisotopic (exact) mass is 185 g/mol. The van der Waals surface area contributed by atoms with Crippen LogP contribution in [0.1, 0.15) is 19.5 Å². The lowest BCUT2D eigenvalue weighted by Crippen LogP contribution is -2.15. The van der Waals surface area contributed by atoms with Crippen molar-refractivity contribution in [3.8, 4) is 0 Å². The number of hydrogen-bond acceptors (Lipinski definition) is 4. The number of hydrogen-bond donors (Lipinski definition) is 1. The summed E-state index contributed by atoms with van der Waals surface area (Å²) >= 11 is 1.33. The van der Waals surface area contributed by atoms with Crippen molar-refractivity contribution >= 4 is 22.7 Å². The van der Waals surface area contributed by atoms with Gasteiger partial charge in [-0.2, -0.15) is 0 Å². The maximum Gasteiger partial charge on any atom is 0.201 e. The number of nitrogens with zero attached hydrogens (tertiary/aromatic N) is 2. The van der Waals surface area contributed by atoms with Gasteiger partial charge in [-0.05, 0) is 13.8 Å². The van der Waals surface area contributed by atoms with Crippen LogP contribution in [0.2, 0.25) is 0 Å². The standard InChI is InChI=1S/C7H11N3OS/c1-5(2)10(11)3-6-4-12-7(8)9-6/h3-5H,1-2H3,(H2,8,9)/b10-3+. The van der Waals surface area contributed by atoms with Crippen molar-refractivity contribution in [3.63, 3.8) is 0 Å². The average molecular weight is 185 g/mol. The van der Waals surface area contributed by atoms with Gasteiger partial charge in [-0.1, -0.05) is 0 Å². The molecular formula is C7H11N3OS. The van der Waals surface area contributed by atoms with Crippen LogP contribution < -0.4 is 5.73 Å². The third-order valence-electron chi connectivity index (χ3n) is 1.31. The molecule has 0 amide bonds. The van der Waals surface area contributed by atoms with Gasteiger partial charge >= 0.3 is 0 Å². The van der Waals surface area contributed by atoms with Crippen molar-refractivity contribution in [1.82, 2.24) is 4.98 Å². The maximum absolute atomic E-state index is 11.1. The van der Waals surface area contributed by atoms with E-state index in [0.717, 1.165) is 4.74 Å². The summed E-state index contributed by atoms with van der Waals surface area (Å²) in [6, 6.07) is -0.0621. The van der Waals surface area contributed by atoms with E-state index in [-0.39, 0.29) is 6.04 Å². The number of rotatable bonds is 2. The van der Waals surface area contributed by atoms with E-state index < -0.39 is 0 Å². The first-order chi connectivity index (χ1) is 5.59. The molecule has 0 saturated heterocycles. The summed E-state index contributed by atoms with van der Waals surface area (Å²) in [7, 11) is 0. The van der Waals surface area contributed by atoms with Crippen LogP contribution in [0.5, 0.6) is 0 Å². The van der Waals surface area contributed by atoms with Crippen molar-refractivity contribution in [2.45, 2.75) is 19.9 Å². The van der Waals surface area contributed by atoms with Crippen molar-refractivity contribution in [2.24, 2.45) is 0 Å². The summed E-state index contributed by atoms with van der Waals surface area (Å²) in [6.45, 7) is 3.64. The molecule has 0 radical (unpaired) electrons. The Morgan fingerprint density at radius 1 is 1.75 bits per heavy atom. The molecule has 0 aromatic carbocycles. The van der Waals surface area contributed by atoms with E-state index in [0.29, 0.717) is 10.8 Å². The predicted molar refractivity (Wildman–Crippen MR) is 50.5 cm³/mol. The Morgan fingerprint density at radius 3 is 2.83 bits per heavy atom. The van der Waals surface area contributed by atoms with Gasteiger partial charge in [-0.25, -0.2) is 9.72 Å². The van der Waals surface area contributed by atoms with Crippen molar-refractivity contribution in [1.29, 1.82) is 0 Å². The first-order valence-corrected chi connectivity index (χ1v) is 4.49. The number of anilines is 1. The summed E-state index contributed by atoms with van der Waals surface area (Å²) in [5.41, 5.74) is 6.02. The van der Waals surface area contributed by atoms with Crippen molar-refractivity contribution in [2.75, 3.05) is 5.73 Å². The molecule has 1 aromatic heterocycles. The van der Waals surface area contributed by atoms with E-state index in [4.69, 9.17) is 5.73 Å². The molecule has 0 atom stereocenters. The van der Waals surface area contributed by atoms with Crippen molar-refractivity contribution < 1.29 is 4.74 Å². The molecular weight excluding hydrogens is 174 g/mol. The Kier molecular flexibility index (Phi) is 2.65. The van der Waals surface area contributed by atoms with Gasteiger partial charge in [-0.3, -0.25) is 0 Å². The fraction of sp³-hybridized carbons (Fsp3) is 0.429. The minimum Gasteiger partial charge on any atom is -0.624 e. The van der Waals surface area contributed by atoms with Crippen LogP contribution in [-0.4, -0.2) is 22.0 Å². The molecule has 0 bridgehead atoms. The molecule has 0 saturated carbocycles. The smallest absolute Gasteiger partial charge is 0.201 e. The van der Waals surface area contributed by atoms with Crippen LogP contribution in [0.4, 0.5) is 5.13 Å². The predicted octanol–water partition coefficient (Wildman–Crippen LogP) is 1.06. The SMILES string of the molecule is CC(C)/[N+]([O-])=C\c1csc(N)n1. The van der Waals surface area contributed by atoms with Crippen LogP contribution in [0.3, 0.4) is 0 Å². The van der Waals surface area contributed by atoms with E-state index in [2.05, 4.69) is 4.98 Å². The van der Waals surface area contributed by atoms with E-state index in [1.807, 2.05) is 13.8 Å². The second kappa shape index (κ2) is 3.53. The van der Waals surface area contributed by atoms with Crippen LogP contribution in [0.15, 0.2) is 5.38 Å². The van der Waals surface area contributed by atoms with Crippen LogP contribution >= 0.6 is 11.3 Å². The van der Waals surface area contributed by atoms with Crippen LogP contribution in [0.25, 0.3) is 0 Å². The maximum atomic E-state index is 11.1. The van der Waals surface area contributed by atoms with Gasteiger partial charge in [0.05, 0.1) is 0 Å². The summed E-state index contributed by atoms with van der Waals surface area (Å²) in [4.78, 5) is 3.93. The summed E-state index contributed by atoms with van der Waals surface area (Å²) in [6.07, 6.45) is 1.44. The van der Waals surface area contributed by atoms with Gasteiger partial charge in [0.1, 0.15) is 5.69 Å². The number of aromatic nitrogens is 1. The number of nitrogen functional groups attached to an aromatic ring is 1. The third kappa shape index (κ3) is 2.20. The molecule has 12 heavy (non-hydrogen) atoms. The van der Waals surface area contributed by atoms with Gasteiger partial charge in [0.15, 0.2) is 11.2 Å². The molecule has 0 spiro atoms. The zero-order valence-corrected chi connectivity index (χ0v) is 7.84. The second-order valence-electron chi connectivity index (χ2n) is 2.69. The quantitative estimate of drug-likeness (QED) is 0.324. The normalized spacial score (nSPS) is 12.4. The van der Waals surface area contributed by atoms with E-state index in [1.54, 1.807) is 5.38 Å². The Morgan fingerprint density at radius 2 is 2.42 bits per heavy atom. The molecule has 1 heterocycles. The molecule has 4 nitrogen and oxygen atoms in total. The number of hydroxylamine groups is 1. The molecule has 0 aliphatic rings. The lowest BCUT2D eigenvalue weighted by molar-refractivity contribution is -0.487. The number of nitrogens with two attached hydrogens (primary N) is 1. The van der Waals surface area contributed by atoms with Gasteiger partial charge in [0.25, 0.3) is 0 Å². The third-order valence-corrected chi connectivity index (χ3v) is 2.00. The highest BCUT2D eigenvalue weighted by Gasteiger charge is 2.03. The molecule has 2 N–H and O–H groups in total. The zero-order valence-electron chi connectivity index (χ0n) is 7.02. The fourth-order valence-electron chi connectivity index (χ4n) is 0.639. The first kappa shape index (κ1) is 8.99. The minimum absolute atomic E-state index is 0.0621. The molecule has 66 valence electrons. The Labute approximate surface area is 74.9 Å². The molecule has 1 rings (SSSR count). The lowest BCUT2D eigenvalue weighted by Gasteiger charge is -2.05. The average Bonchev–Trinajstić information content (AvgIpc) is 2.35. The second-order valence-corrected chi connectivity index (χ2v) is 3.58. The molecule has 0 fully saturated rings. The van der Waals surface area contributed by atoms with E-state index >= 15 is 0 Å². The molecule has 1 aromatic rings. The van der Waals surface area contributed by atoms with E-state index in [9.17, 15) is 5.21 Å². The molecule has 0 unspecified atom stereocenters. The summed E-state index contributed by atoms with van der Waals surface area (Å²) in [5.74, 6) is 0. The molecule has 0 aliphatic carbocycles. The van der Waals surface area contributed by atoms with Gasteiger partial charge in [0.2, 0.25) is 6.21 Å². The van der Waals surface area contributed by atoms with Crippen LogP contribution in [-0.2, 0) is 0 Å². The van der Waals surface area contributed by atoms with Gasteiger partial charge in [0, 0.05) is 5.38 Å². The molecule has 0 aliphatic heterocycles. The first-order valence-electron chi connectivity index (χ1n) is 3.61.